The number of nitrogens with zero attached hydrogens (tertiary/aromatic N) is 1. The van der Waals surface area contributed by atoms with Crippen LogP contribution in [-0.2, 0) is 0 Å². The molecular formula is C17H25IN2O. The van der Waals surface area contributed by atoms with E-state index in [0.717, 1.165) is 40.5 Å². The SMILES string of the molecule is C[C@@H]1C[C@@H](C)CN(CCCNC(=O)c2cccc(I)c2)C1. The van der Waals surface area contributed by atoms with Gasteiger partial charge in [-0.2, -0.15) is 0 Å². The zero-order valence-corrected chi connectivity index (χ0v) is 15.1. The predicted octanol–water partition coefficient (Wildman–Crippen LogP) is 3.39. The van der Waals surface area contributed by atoms with Gasteiger partial charge in [-0.05, 0) is 72.0 Å². The number of carbonyl (C=O) groups is 1. The molecule has 0 unspecified atom stereocenters. The van der Waals surface area contributed by atoms with Crippen LogP contribution in [0.4, 0.5) is 0 Å². The Labute approximate surface area is 141 Å². The molecule has 1 aromatic rings. The lowest BCUT2D eigenvalue weighted by atomic mass is 9.92. The number of likely N-dealkylation sites (tertiary alicyclic amines) is 1. The van der Waals surface area contributed by atoms with Gasteiger partial charge in [-0.25, -0.2) is 0 Å². The Morgan fingerprint density at radius 2 is 2.05 bits per heavy atom. The minimum absolute atomic E-state index is 0.0360. The highest BCUT2D eigenvalue weighted by Gasteiger charge is 2.21. The van der Waals surface area contributed by atoms with Crippen molar-refractivity contribution in [3.63, 3.8) is 0 Å². The van der Waals surface area contributed by atoms with Crippen molar-refractivity contribution in [1.82, 2.24) is 10.2 Å². The first-order chi connectivity index (χ1) is 10.0. The highest BCUT2D eigenvalue weighted by Crippen LogP contribution is 2.20. The third-order valence-corrected chi connectivity index (χ3v) is 4.64. The molecule has 0 saturated carbocycles. The molecule has 21 heavy (non-hydrogen) atoms. The summed E-state index contributed by atoms with van der Waals surface area (Å²) in [6.45, 7) is 8.91. The molecule has 0 spiro atoms. The fourth-order valence-corrected chi connectivity index (χ4v) is 3.75. The number of hydrogen-bond acceptors (Lipinski definition) is 2. The second-order valence-electron chi connectivity index (χ2n) is 6.33. The maximum absolute atomic E-state index is 12.0. The summed E-state index contributed by atoms with van der Waals surface area (Å²) in [6, 6.07) is 7.71. The first-order valence-electron chi connectivity index (χ1n) is 7.80. The molecule has 0 aromatic heterocycles. The van der Waals surface area contributed by atoms with Crippen molar-refractivity contribution < 1.29 is 4.79 Å². The van der Waals surface area contributed by atoms with Gasteiger partial charge in [0.2, 0.25) is 0 Å². The lowest BCUT2D eigenvalue weighted by Gasteiger charge is -2.34. The number of nitrogens with one attached hydrogen (secondary N) is 1. The standard InChI is InChI=1S/C17H25IN2O/c1-13-9-14(2)12-20(11-13)8-4-7-19-17(21)15-5-3-6-16(18)10-15/h3,5-6,10,13-14H,4,7-9,11-12H2,1-2H3,(H,19,21)/t13-,14-/m1/s1. The van der Waals surface area contributed by atoms with Crippen molar-refractivity contribution in [2.45, 2.75) is 26.7 Å². The summed E-state index contributed by atoms with van der Waals surface area (Å²) in [7, 11) is 0. The van der Waals surface area contributed by atoms with Gasteiger partial charge in [-0.3, -0.25) is 4.79 Å². The zero-order chi connectivity index (χ0) is 15.2. The normalized spacial score (nSPS) is 23.0. The van der Waals surface area contributed by atoms with Gasteiger partial charge < -0.3 is 10.2 Å². The minimum atomic E-state index is 0.0360. The van der Waals surface area contributed by atoms with E-state index in [2.05, 4.69) is 46.7 Å². The van der Waals surface area contributed by atoms with Crippen LogP contribution >= 0.6 is 22.6 Å². The van der Waals surface area contributed by atoms with Gasteiger partial charge in [0.05, 0.1) is 0 Å². The second kappa shape index (κ2) is 8.13. The highest BCUT2D eigenvalue weighted by molar-refractivity contribution is 14.1. The molecule has 116 valence electrons. The van der Waals surface area contributed by atoms with E-state index in [1.807, 2.05) is 24.3 Å². The quantitative estimate of drug-likeness (QED) is 0.607. The number of halogens is 1. The number of hydrogen-bond donors (Lipinski definition) is 1. The van der Waals surface area contributed by atoms with Crippen molar-refractivity contribution in [1.29, 1.82) is 0 Å². The zero-order valence-electron chi connectivity index (χ0n) is 12.9. The molecule has 1 amide bonds. The van der Waals surface area contributed by atoms with Crippen LogP contribution in [0, 0.1) is 15.4 Å². The molecule has 1 aromatic carbocycles. The Bertz CT molecular complexity index is 468. The Kier molecular flexibility index (Phi) is 6.48. The molecular weight excluding hydrogens is 375 g/mol. The van der Waals surface area contributed by atoms with Crippen LogP contribution < -0.4 is 5.32 Å². The van der Waals surface area contributed by atoms with E-state index in [1.54, 1.807) is 0 Å². The van der Waals surface area contributed by atoms with Crippen LogP contribution in [0.3, 0.4) is 0 Å². The maximum Gasteiger partial charge on any atom is 0.251 e. The number of carbonyl (C=O) groups excluding carboxylic acids is 1. The van der Waals surface area contributed by atoms with Crippen LogP contribution in [0.5, 0.6) is 0 Å². The molecule has 0 radical (unpaired) electrons. The minimum Gasteiger partial charge on any atom is -0.352 e. The molecule has 4 heteroatoms. The molecule has 3 nitrogen and oxygen atoms in total. The van der Waals surface area contributed by atoms with Gasteiger partial charge in [0.1, 0.15) is 0 Å². The lowest BCUT2D eigenvalue weighted by molar-refractivity contribution is 0.0947. The molecule has 0 aliphatic carbocycles. The fraction of sp³-hybridized carbons (Fsp3) is 0.588. The largest absolute Gasteiger partial charge is 0.352 e. The third-order valence-electron chi connectivity index (χ3n) is 3.97. The Hall–Kier alpha value is -0.620. The highest BCUT2D eigenvalue weighted by atomic mass is 127. The second-order valence-corrected chi connectivity index (χ2v) is 7.57. The third kappa shape index (κ3) is 5.58. The van der Waals surface area contributed by atoms with E-state index in [1.165, 1.54) is 19.5 Å². The summed E-state index contributed by atoms with van der Waals surface area (Å²) in [5.41, 5.74) is 0.752. The molecule has 1 fully saturated rings. The Morgan fingerprint density at radius 1 is 1.33 bits per heavy atom. The summed E-state index contributed by atoms with van der Waals surface area (Å²) >= 11 is 2.23. The monoisotopic (exact) mass is 400 g/mol. The summed E-state index contributed by atoms with van der Waals surface area (Å²) in [4.78, 5) is 14.6. The maximum atomic E-state index is 12.0. The number of amides is 1. The van der Waals surface area contributed by atoms with Crippen LogP contribution in [0.15, 0.2) is 24.3 Å². The topological polar surface area (TPSA) is 32.3 Å². The number of benzene rings is 1. The number of piperidine rings is 1. The van der Waals surface area contributed by atoms with E-state index in [9.17, 15) is 4.79 Å². The molecule has 1 saturated heterocycles. The molecule has 2 atom stereocenters. The smallest absolute Gasteiger partial charge is 0.251 e. The molecule has 1 N–H and O–H groups in total. The average molecular weight is 400 g/mol. The van der Waals surface area contributed by atoms with Crippen molar-refractivity contribution >= 4 is 28.5 Å². The van der Waals surface area contributed by atoms with Gasteiger partial charge in [-0.1, -0.05) is 19.9 Å². The van der Waals surface area contributed by atoms with E-state index in [4.69, 9.17) is 0 Å². The van der Waals surface area contributed by atoms with E-state index < -0.39 is 0 Å². The van der Waals surface area contributed by atoms with Crippen LogP contribution in [0.1, 0.15) is 37.0 Å². The summed E-state index contributed by atoms with van der Waals surface area (Å²) in [6.07, 6.45) is 2.37. The van der Waals surface area contributed by atoms with Gasteiger partial charge in [0.15, 0.2) is 0 Å². The van der Waals surface area contributed by atoms with E-state index >= 15 is 0 Å². The van der Waals surface area contributed by atoms with E-state index in [0.29, 0.717) is 0 Å². The predicted molar refractivity (Wildman–Crippen MR) is 95.5 cm³/mol. The number of rotatable bonds is 5. The summed E-state index contributed by atoms with van der Waals surface area (Å²) < 4.78 is 1.09. The lowest BCUT2D eigenvalue weighted by Crippen LogP contribution is -2.40. The summed E-state index contributed by atoms with van der Waals surface area (Å²) in [5, 5.41) is 3.02. The van der Waals surface area contributed by atoms with Crippen molar-refractivity contribution in [2.24, 2.45) is 11.8 Å². The van der Waals surface area contributed by atoms with Crippen LogP contribution in [-0.4, -0.2) is 37.0 Å². The van der Waals surface area contributed by atoms with Gasteiger partial charge in [-0.15, -0.1) is 0 Å². The van der Waals surface area contributed by atoms with Crippen LogP contribution in [0.2, 0.25) is 0 Å². The van der Waals surface area contributed by atoms with Crippen molar-refractivity contribution in [2.75, 3.05) is 26.2 Å². The molecule has 1 heterocycles. The van der Waals surface area contributed by atoms with Crippen molar-refractivity contribution in [3.8, 4) is 0 Å². The Morgan fingerprint density at radius 3 is 2.71 bits per heavy atom. The molecule has 0 bridgehead atoms. The average Bonchev–Trinajstić information content (AvgIpc) is 2.42. The fourth-order valence-electron chi connectivity index (χ4n) is 3.21. The molecule has 2 rings (SSSR count). The summed E-state index contributed by atoms with van der Waals surface area (Å²) in [5.74, 6) is 1.64. The molecule has 1 aliphatic heterocycles. The van der Waals surface area contributed by atoms with E-state index in [-0.39, 0.29) is 5.91 Å². The van der Waals surface area contributed by atoms with Gasteiger partial charge >= 0.3 is 0 Å². The van der Waals surface area contributed by atoms with Crippen LogP contribution in [0.25, 0.3) is 0 Å². The van der Waals surface area contributed by atoms with Gasteiger partial charge in [0.25, 0.3) is 5.91 Å². The van der Waals surface area contributed by atoms with Crippen molar-refractivity contribution in [3.05, 3.63) is 33.4 Å². The van der Waals surface area contributed by atoms with Gasteiger partial charge in [0, 0.05) is 28.8 Å². The molecule has 1 aliphatic rings. The first kappa shape index (κ1) is 16.7. The first-order valence-corrected chi connectivity index (χ1v) is 8.88. The Balaban J connectivity index is 1.69.